The van der Waals surface area contributed by atoms with Gasteiger partial charge in [0.1, 0.15) is 6.61 Å². The van der Waals surface area contributed by atoms with Crippen LogP contribution in [0.1, 0.15) is 34.1 Å². The average Bonchev–Trinajstić information content (AvgIpc) is 2.38. The minimum Gasteiger partial charge on any atom is -0.474 e. The van der Waals surface area contributed by atoms with Gasteiger partial charge in [-0.05, 0) is 17.6 Å². The highest BCUT2D eigenvalue weighted by atomic mass is 16.5. The molecule has 0 aromatic carbocycles. The van der Waals surface area contributed by atoms with Gasteiger partial charge in [-0.15, -0.1) is 0 Å². The first-order valence-corrected chi connectivity index (χ1v) is 6.94. The normalized spacial score (nSPS) is 15.8. The smallest absolute Gasteiger partial charge is 0.223 e. The molecule has 0 saturated carbocycles. The second kappa shape index (κ2) is 7.45. The third-order valence-electron chi connectivity index (χ3n) is 3.21. The summed E-state index contributed by atoms with van der Waals surface area (Å²) in [7, 11) is 0. The zero-order chi connectivity index (χ0) is 15.2. The Labute approximate surface area is 120 Å². The number of ether oxygens (including phenoxy) is 2. The summed E-state index contributed by atoms with van der Waals surface area (Å²) in [6, 6.07) is 0. The van der Waals surface area contributed by atoms with E-state index in [1.54, 1.807) is 0 Å². The molecule has 1 aliphatic rings. The molecule has 0 radical (unpaired) electrons. The van der Waals surface area contributed by atoms with Gasteiger partial charge < -0.3 is 14.6 Å². The molecule has 1 rings (SSSR count). The van der Waals surface area contributed by atoms with E-state index in [0.717, 1.165) is 12.0 Å². The molecule has 2 N–H and O–H groups in total. The Morgan fingerprint density at radius 3 is 2.80 bits per heavy atom. The quantitative estimate of drug-likeness (QED) is 0.698. The van der Waals surface area contributed by atoms with Crippen LogP contribution in [0, 0.1) is 5.41 Å². The average molecular weight is 283 g/mol. The Morgan fingerprint density at radius 1 is 1.55 bits per heavy atom. The van der Waals surface area contributed by atoms with E-state index in [4.69, 9.17) is 14.6 Å². The molecule has 0 fully saturated rings. The molecule has 114 valence electrons. The van der Waals surface area contributed by atoms with E-state index in [-0.39, 0.29) is 17.9 Å². The lowest BCUT2D eigenvalue weighted by atomic mass is 9.80. The van der Waals surface area contributed by atoms with Gasteiger partial charge in [0.05, 0.1) is 19.8 Å². The Kier molecular flexibility index (Phi) is 6.23. The van der Waals surface area contributed by atoms with Crippen molar-refractivity contribution in [2.45, 2.75) is 34.1 Å². The molecular formula is C15H25NO4. The van der Waals surface area contributed by atoms with Crippen molar-refractivity contribution in [2.75, 3.05) is 26.4 Å². The van der Waals surface area contributed by atoms with E-state index < -0.39 is 0 Å². The van der Waals surface area contributed by atoms with Gasteiger partial charge >= 0.3 is 0 Å². The molecule has 0 unspecified atom stereocenters. The topological polar surface area (TPSA) is 67.8 Å². The van der Waals surface area contributed by atoms with Crippen LogP contribution in [0.4, 0.5) is 0 Å². The molecule has 0 bridgehead atoms. The summed E-state index contributed by atoms with van der Waals surface area (Å²) in [5.41, 5.74) is 2.14. The molecular weight excluding hydrogens is 258 g/mol. The van der Waals surface area contributed by atoms with E-state index in [0.29, 0.717) is 25.7 Å². The lowest BCUT2D eigenvalue weighted by Crippen LogP contribution is -2.30. The van der Waals surface area contributed by atoms with Crippen molar-refractivity contribution in [3.63, 3.8) is 0 Å². The standard InChI is InChI=1S/C15H25NO4/c1-5-12-9-20-14(16-11(2)18)8-13(12)15(3,4)10-19-7-6-17/h8,17H,5-7,9-10H2,1-4H3,(H,16,18). The third kappa shape index (κ3) is 4.65. The summed E-state index contributed by atoms with van der Waals surface area (Å²) >= 11 is 0. The predicted molar refractivity (Wildman–Crippen MR) is 76.9 cm³/mol. The van der Waals surface area contributed by atoms with Gasteiger partial charge in [-0.2, -0.15) is 0 Å². The molecule has 20 heavy (non-hydrogen) atoms. The molecule has 5 nitrogen and oxygen atoms in total. The highest BCUT2D eigenvalue weighted by Gasteiger charge is 2.28. The molecule has 0 spiro atoms. The first kappa shape index (κ1) is 16.7. The largest absolute Gasteiger partial charge is 0.474 e. The van der Waals surface area contributed by atoms with E-state index in [1.807, 2.05) is 6.08 Å². The van der Waals surface area contributed by atoms with Crippen molar-refractivity contribution in [3.8, 4) is 0 Å². The van der Waals surface area contributed by atoms with Crippen LogP contribution in [0.3, 0.4) is 0 Å². The lowest BCUT2D eigenvalue weighted by molar-refractivity contribution is -0.119. The maximum atomic E-state index is 11.1. The second-order valence-corrected chi connectivity index (χ2v) is 5.51. The molecule has 0 aromatic rings. The number of carbonyl (C=O) groups excluding carboxylic acids is 1. The minimum atomic E-state index is -0.200. The van der Waals surface area contributed by atoms with Crippen LogP contribution in [0.5, 0.6) is 0 Å². The van der Waals surface area contributed by atoms with Gasteiger partial charge in [0.2, 0.25) is 5.91 Å². The summed E-state index contributed by atoms with van der Waals surface area (Å²) in [6.07, 6.45) is 2.77. The molecule has 5 heteroatoms. The zero-order valence-corrected chi connectivity index (χ0v) is 12.8. The summed E-state index contributed by atoms with van der Waals surface area (Å²) < 4.78 is 11.0. The maximum absolute atomic E-state index is 11.1. The molecule has 0 aromatic heterocycles. The molecule has 1 aliphatic heterocycles. The van der Waals surface area contributed by atoms with Crippen molar-refractivity contribution >= 4 is 5.91 Å². The minimum absolute atomic E-state index is 0.0197. The van der Waals surface area contributed by atoms with Gasteiger partial charge in [-0.1, -0.05) is 20.8 Å². The van der Waals surface area contributed by atoms with Gasteiger partial charge in [-0.3, -0.25) is 10.1 Å². The van der Waals surface area contributed by atoms with Gasteiger partial charge in [-0.25, -0.2) is 0 Å². The van der Waals surface area contributed by atoms with Crippen molar-refractivity contribution in [2.24, 2.45) is 5.41 Å². The predicted octanol–water partition coefficient (Wildman–Crippen LogP) is 1.74. The fourth-order valence-corrected chi connectivity index (χ4v) is 2.20. The van der Waals surface area contributed by atoms with E-state index in [9.17, 15) is 4.79 Å². The first-order valence-electron chi connectivity index (χ1n) is 6.94. The highest BCUT2D eigenvalue weighted by molar-refractivity contribution is 5.74. The lowest BCUT2D eigenvalue weighted by Gasteiger charge is -2.32. The molecule has 0 saturated heterocycles. The molecule has 1 heterocycles. The van der Waals surface area contributed by atoms with E-state index in [1.165, 1.54) is 12.5 Å². The fourth-order valence-electron chi connectivity index (χ4n) is 2.20. The number of amides is 1. The number of aliphatic hydroxyl groups is 1. The van der Waals surface area contributed by atoms with Crippen LogP contribution in [0.15, 0.2) is 23.1 Å². The van der Waals surface area contributed by atoms with Crippen LogP contribution in [-0.2, 0) is 14.3 Å². The van der Waals surface area contributed by atoms with Gasteiger partial charge in [0.15, 0.2) is 5.88 Å². The highest BCUT2D eigenvalue weighted by Crippen LogP contribution is 2.34. The summed E-state index contributed by atoms with van der Waals surface area (Å²) in [5.74, 6) is 0.338. The summed E-state index contributed by atoms with van der Waals surface area (Å²) in [6.45, 7) is 9.06. The number of nitrogens with one attached hydrogen (secondary N) is 1. The fraction of sp³-hybridized carbons (Fsp3) is 0.667. The Hall–Kier alpha value is -1.33. The monoisotopic (exact) mass is 283 g/mol. The Balaban J connectivity index is 2.92. The number of rotatable bonds is 7. The van der Waals surface area contributed by atoms with Crippen LogP contribution >= 0.6 is 0 Å². The molecule has 1 amide bonds. The van der Waals surface area contributed by atoms with Crippen LogP contribution in [0.2, 0.25) is 0 Å². The number of hydrogen-bond donors (Lipinski definition) is 2. The number of allylic oxidation sites excluding steroid dienone is 1. The first-order chi connectivity index (χ1) is 9.40. The maximum Gasteiger partial charge on any atom is 0.223 e. The third-order valence-corrected chi connectivity index (χ3v) is 3.21. The van der Waals surface area contributed by atoms with Crippen LogP contribution < -0.4 is 5.32 Å². The van der Waals surface area contributed by atoms with Crippen molar-refractivity contribution in [1.29, 1.82) is 0 Å². The van der Waals surface area contributed by atoms with Crippen molar-refractivity contribution in [1.82, 2.24) is 5.32 Å². The SMILES string of the molecule is CCC1=C(C(C)(C)COCCO)C=C(NC(C)=O)OC1. The van der Waals surface area contributed by atoms with E-state index >= 15 is 0 Å². The van der Waals surface area contributed by atoms with Gasteiger partial charge in [0, 0.05) is 18.4 Å². The zero-order valence-electron chi connectivity index (χ0n) is 12.8. The summed E-state index contributed by atoms with van der Waals surface area (Å²) in [5, 5.41) is 11.5. The number of hydrogen-bond acceptors (Lipinski definition) is 4. The van der Waals surface area contributed by atoms with Crippen molar-refractivity contribution < 1.29 is 19.4 Å². The van der Waals surface area contributed by atoms with E-state index in [2.05, 4.69) is 26.1 Å². The number of carbonyl (C=O) groups is 1. The molecule has 0 atom stereocenters. The number of aliphatic hydroxyl groups excluding tert-OH is 1. The second-order valence-electron chi connectivity index (χ2n) is 5.51. The molecule has 0 aliphatic carbocycles. The Morgan fingerprint density at radius 2 is 2.25 bits per heavy atom. The van der Waals surface area contributed by atoms with Crippen LogP contribution in [0.25, 0.3) is 0 Å². The van der Waals surface area contributed by atoms with Crippen molar-refractivity contribution in [3.05, 3.63) is 23.1 Å². The van der Waals surface area contributed by atoms with Crippen LogP contribution in [-0.4, -0.2) is 37.4 Å². The summed E-state index contributed by atoms with van der Waals surface area (Å²) in [4.78, 5) is 11.1. The Bertz CT molecular complexity index is 410. The van der Waals surface area contributed by atoms with Gasteiger partial charge in [0.25, 0.3) is 0 Å².